The van der Waals surface area contributed by atoms with Crippen LogP contribution in [0.2, 0.25) is 5.02 Å². The van der Waals surface area contributed by atoms with Gasteiger partial charge in [0.1, 0.15) is 23.0 Å². The Kier molecular flexibility index (Phi) is 4.08. The second kappa shape index (κ2) is 6.56. The van der Waals surface area contributed by atoms with E-state index in [-0.39, 0.29) is 33.6 Å². The Labute approximate surface area is 174 Å². The summed E-state index contributed by atoms with van der Waals surface area (Å²) >= 11 is 6.34. The van der Waals surface area contributed by atoms with E-state index in [1.165, 1.54) is 12.1 Å². The predicted molar refractivity (Wildman–Crippen MR) is 110 cm³/mol. The second-order valence-electron chi connectivity index (χ2n) is 7.02. The van der Waals surface area contributed by atoms with Crippen LogP contribution in [0.4, 0.5) is 0 Å². The number of hydrogen-bond donors (Lipinski definition) is 4. The van der Waals surface area contributed by atoms with E-state index in [0.717, 1.165) is 0 Å². The fourth-order valence-corrected chi connectivity index (χ4v) is 4.22. The van der Waals surface area contributed by atoms with Crippen molar-refractivity contribution in [3.8, 4) is 16.9 Å². The second-order valence-corrected chi connectivity index (χ2v) is 7.43. The van der Waals surface area contributed by atoms with Gasteiger partial charge in [0.2, 0.25) is 0 Å². The van der Waals surface area contributed by atoms with E-state index in [9.17, 15) is 24.9 Å². The highest BCUT2D eigenvalue weighted by molar-refractivity contribution is 6.35. The third kappa shape index (κ3) is 2.53. The normalized spacial score (nSPS) is 14.4. The molecule has 1 atom stereocenters. The van der Waals surface area contributed by atoms with E-state index in [2.05, 4.69) is 5.32 Å². The fraction of sp³-hybridized carbons (Fsp3) is 0.0909. The molecule has 0 fully saturated rings. The van der Waals surface area contributed by atoms with Crippen LogP contribution in [0.15, 0.2) is 46.9 Å². The van der Waals surface area contributed by atoms with Crippen LogP contribution in [0.5, 0.6) is 5.75 Å². The Morgan fingerprint density at radius 3 is 2.50 bits per heavy atom. The van der Waals surface area contributed by atoms with Gasteiger partial charge in [-0.05, 0) is 24.3 Å². The molecule has 8 heteroatoms. The minimum atomic E-state index is -1.30. The number of imide groups is 1. The lowest BCUT2D eigenvalue weighted by molar-refractivity contribution is 0.0880. The van der Waals surface area contributed by atoms with Crippen molar-refractivity contribution in [2.24, 2.45) is 0 Å². The highest BCUT2D eigenvalue weighted by Gasteiger charge is 2.35. The summed E-state index contributed by atoms with van der Waals surface area (Å²) in [6, 6.07) is 11.2. The number of hydrogen-bond acceptors (Lipinski definition) is 6. The largest absolute Gasteiger partial charge is 0.508 e. The number of halogens is 1. The summed E-state index contributed by atoms with van der Waals surface area (Å²) in [6.45, 7) is -0.586. The van der Waals surface area contributed by atoms with Gasteiger partial charge in [-0.15, -0.1) is 0 Å². The summed E-state index contributed by atoms with van der Waals surface area (Å²) < 4.78 is 5.96. The van der Waals surface area contributed by atoms with Gasteiger partial charge in [0.15, 0.2) is 0 Å². The van der Waals surface area contributed by atoms with Crippen LogP contribution >= 0.6 is 11.6 Å². The number of aromatic hydroxyl groups is 1. The Morgan fingerprint density at radius 1 is 1.03 bits per heavy atom. The van der Waals surface area contributed by atoms with Crippen LogP contribution in [0.3, 0.4) is 0 Å². The van der Waals surface area contributed by atoms with E-state index in [0.29, 0.717) is 26.9 Å². The van der Waals surface area contributed by atoms with Crippen molar-refractivity contribution in [2.75, 3.05) is 6.61 Å². The lowest BCUT2D eigenvalue weighted by Crippen LogP contribution is -2.20. The number of benzene rings is 3. The van der Waals surface area contributed by atoms with Gasteiger partial charge in [0.25, 0.3) is 11.8 Å². The maximum Gasteiger partial charge on any atom is 0.259 e. The number of phenols is 1. The van der Waals surface area contributed by atoms with Crippen LogP contribution in [0.1, 0.15) is 32.4 Å². The number of nitrogens with one attached hydrogen (secondary N) is 1. The molecule has 1 aromatic heterocycles. The molecule has 2 heterocycles. The molecule has 0 aliphatic carbocycles. The van der Waals surface area contributed by atoms with Crippen molar-refractivity contribution in [3.63, 3.8) is 0 Å². The third-order valence-corrected chi connectivity index (χ3v) is 5.58. The molecule has 1 aliphatic heterocycles. The first-order valence-electron chi connectivity index (χ1n) is 9.06. The Morgan fingerprint density at radius 2 is 1.77 bits per heavy atom. The number of phenolic OH excluding ortho intramolecular Hbond substituents is 1. The van der Waals surface area contributed by atoms with Crippen LogP contribution in [0, 0.1) is 0 Å². The molecule has 7 nitrogen and oxygen atoms in total. The maximum absolute atomic E-state index is 12.7. The standard InChI is InChI=1S/C22H14ClNO6/c23-14-4-2-1-3-10(14)11-7-16-17(19-18(11)21(28)24-22(19)29)13-6-9(26)5-12(15(27)8-25)20(13)30-16/h1-7,15,25-27H,8H2,(H,24,28,29). The van der Waals surface area contributed by atoms with Gasteiger partial charge in [-0.3, -0.25) is 14.9 Å². The zero-order valence-electron chi connectivity index (χ0n) is 15.3. The van der Waals surface area contributed by atoms with Crippen molar-refractivity contribution in [2.45, 2.75) is 6.10 Å². The summed E-state index contributed by atoms with van der Waals surface area (Å²) in [6.07, 6.45) is -1.30. The van der Waals surface area contributed by atoms with Gasteiger partial charge >= 0.3 is 0 Å². The molecule has 2 amide bonds. The van der Waals surface area contributed by atoms with Crippen LogP contribution in [-0.2, 0) is 0 Å². The lowest BCUT2D eigenvalue weighted by Gasteiger charge is -2.09. The molecule has 30 heavy (non-hydrogen) atoms. The minimum absolute atomic E-state index is 0.112. The maximum atomic E-state index is 12.7. The molecule has 4 aromatic rings. The van der Waals surface area contributed by atoms with E-state index in [1.54, 1.807) is 30.3 Å². The van der Waals surface area contributed by atoms with Gasteiger partial charge in [-0.1, -0.05) is 29.8 Å². The summed E-state index contributed by atoms with van der Waals surface area (Å²) in [5.74, 6) is -1.33. The number of amides is 2. The van der Waals surface area contributed by atoms with Gasteiger partial charge in [-0.2, -0.15) is 0 Å². The Bertz CT molecular complexity index is 1390. The van der Waals surface area contributed by atoms with E-state index < -0.39 is 24.5 Å². The number of aliphatic hydroxyl groups is 2. The zero-order chi connectivity index (χ0) is 21.2. The highest BCUT2D eigenvalue weighted by atomic mass is 35.5. The van der Waals surface area contributed by atoms with Gasteiger partial charge in [-0.25, -0.2) is 0 Å². The average Bonchev–Trinajstić information content (AvgIpc) is 3.23. The molecule has 0 radical (unpaired) electrons. The first kappa shape index (κ1) is 18.6. The van der Waals surface area contributed by atoms with Crippen molar-refractivity contribution < 1.29 is 29.3 Å². The molecule has 3 aromatic carbocycles. The highest BCUT2D eigenvalue weighted by Crippen LogP contribution is 2.44. The van der Waals surface area contributed by atoms with Crippen molar-refractivity contribution in [1.82, 2.24) is 5.32 Å². The Balaban J connectivity index is 1.97. The molecule has 0 spiro atoms. The lowest BCUT2D eigenvalue weighted by atomic mass is 9.92. The van der Waals surface area contributed by atoms with Crippen LogP contribution in [0.25, 0.3) is 33.1 Å². The number of carbonyl (C=O) groups is 2. The number of aliphatic hydroxyl groups excluding tert-OH is 2. The molecule has 4 N–H and O–H groups in total. The quantitative estimate of drug-likeness (QED) is 0.374. The van der Waals surface area contributed by atoms with E-state index in [1.807, 2.05) is 0 Å². The van der Waals surface area contributed by atoms with Crippen LogP contribution < -0.4 is 5.32 Å². The first-order valence-corrected chi connectivity index (χ1v) is 9.44. The monoisotopic (exact) mass is 423 g/mol. The molecule has 1 unspecified atom stereocenters. The number of carbonyl (C=O) groups excluding carboxylic acids is 2. The minimum Gasteiger partial charge on any atom is -0.508 e. The average molecular weight is 424 g/mol. The first-order chi connectivity index (χ1) is 14.4. The number of rotatable bonds is 3. The molecule has 5 rings (SSSR count). The zero-order valence-corrected chi connectivity index (χ0v) is 16.0. The van der Waals surface area contributed by atoms with Gasteiger partial charge in [0.05, 0.1) is 17.7 Å². The predicted octanol–water partition coefficient (Wildman–Crippen LogP) is 3.52. The van der Waals surface area contributed by atoms with E-state index in [4.69, 9.17) is 16.0 Å². The van der Waals surface area contributed by atoms with Crippen LogP contribution in [-0.4, -0.2) is 33.7 Å². The number of fused-ring (bicyclic) bond motifs is 5. The van der Waals surface area contributed by atoms with Crippen molar-refractivity contribution >= 4 is 45.4 Å². The molecule has 0 bridgehead atoms. The smallest absolute Gasteiger partial charge is 0.259 e. The fourth-order valence-electron chi connectivity index (χ4n) is 3.98. The topological polar surface area (TPSA) is 120 Å². The summed E-state index contributed by atoms with van der Waals surface area (Å²) in [5.41, 5.74) is 1.91. The number of furan rings is 1. The summed E-state index contributed by atoms with van der Waals surface area (Å²) in [4.78, 5) is 25.3. The molecule has 0 saturated carbocycles. The summed E-state index contributed by atoms with van der Waals surface area (Å²) in [5, 5.41) is 33.1. The van der Waals surface area contributed by atoms with Gasteiger partial charge in [0, 0.05) is 32.5 Å². The van der Waals surface area contributed by atoms with Crippen molar-refractivity contribution in [3.05, 3.63) is 64.2 Å². The molecule has 150 valence electrons. The van der Waals surface area contributed by atoms with E-state index >= 15 is 0 Å². The van der Waals surface area contributed by atoms with Gasteiger partial charge < -0.3 is 19.7 Å². The molecule has 1 aliphatic rings. The Hall–Kier alpha value is -3.39. The molecular weight excluding hydrogens is 410 g/mol. The third-order valence-electron chi connectivity index (χ3n) is 5.25. The molecular formula is C22H14ClNO6. The van der Waals surface area contributed by atoms with Crippen molar-refractivity contribution in [1.29, 1.82) is 0 Å². The molecule has 0 saturated heterocycles. The SMILES string of the molecule is O=C1NC(=O)c2c1c(-c1ccccc1Cl)cc1oc3c(C(O)CO)cc(O)cc3c21. The summed E-state index contributed by atoms with van der Waals surface area (Å²) in [7, 11) is 0.